The Balaban J connectivity index is 2.11. The molecule has 0 unspecified atom stereocenters. The summed E-state index contributed by atoms with van der Waals surface area (Å²) in [5, 5.41) is 6.35. The lowest BCUT2D eigenvalue weighted by Crippen LogP contribution is -2.43. The van der Waals surface area contributed by atoms with Crippen LogP contribution in [-0.2, 0) is 10.0 Å². The van der Waals surface area contributed by atoms with Gasteiger partial charge in [0.25, 0.3) is 11.8 Å². The summed E-state index contributed by atoms with van der Waals surface area (Å²) in [4.78, 5) is 25.7. The predicted molar refractivity (Wildman–Crippen MR) is 77.3 cm³/mol. The molecule has 108 valence electrons. The molecule has 1 heterocycles. The van der Waals surface area contributed by atoms with Crippen LogP contribution in [0.15, 0.2) is 36.4 Å². The van der Waals surface area contributed by atoms with Crippen LogP contribution in [0.25, 0.3) is 10.8 Å². The van der Waals surface area contributed by atoms with Gasteiger partial charge >= 0.3 is 0 Å². The summed E-state index contributed by atoms with van der Waals surface area (Å²) in [6.45, 7) is -0.249. The number of amides is 2. The number of sulfonamides is 1. The molecule has 0 radical (unpaired) electrons. The Morgan fingerprint density at radius 2 is 1.48 bits per heavy atom. The van der Waals surface area contributed by atoms with E-state index in [2.05, 4.69) is 0 Å². The SMILES string of the molecule is NS(=O)(=O)CCN1C(=O)c2cccc3cccc(c23)C1=O. The molecule has 7 heteroatoms. The highest BCUT2D eigenvalue weighted by atomic mass is 32.2. The molecule has 0 fully saturated rings. The standard InChI is InChI=1S/C14H12N2O4S/c15-21(19,20)8-7-16-13(17)10-5-1-3-9-4-2-6-11(12(9)10)14(16)18/h1-6H,7-8H2,(H2,15,19,20). The molecule has 1 aliphatic rings. The molecule has 2 N–H and O–H groups in total. The summed E-state index contributed by atoms with van der Waals surface area (Å²) in [7, 11) is -3.75. The van der Waals surface area contributed by atoms with E-state index >= 15 is 0 Å². The van der Waals surface area contributed by atoms with Crippen molar-refractivity contribution in [3.05, 3.63) is 47.5 Å². The van der Waals surface area contributed by atoms with Crippen molar-refractivity contribution in [2.45, 2.75) is 0 Å². The van der Waals surface area contributed by atoms with Crippen LogP contribution in [-0.4, -0.2) is 37.4 Å². The Kier molecular flexibility index (Phi) is 3.03. The summed E-state index contributed by atoms with van der Waals surface area (Å²) in [5.74, 6) is -1.44. The van der Waals surface area contributed by atoms with E-state index < -0.39 is 27.6 Å². The van der Waals surface area contributed by atoms with Crippen LogP contribution < -0.4 is 5.14 Å². The zero-order valence-corrected chi connectivity index (χ0v) is 11.8. The number of carbonyl (C=O) groups is 2. The zero-order chi connectivity index (χ0) is 15.2. The molecule has 0 spiro atoms. The largest absolute Gasteiger partial charge is 0.273 e. The van der Waals surface area contributed by atoms with Crippen LogP contribution in [0.3, 0.4) is 0 Å². The predicted octanol–water partition coefficient (Wildman–Crippen LogP) is 0.724. The van der Waals surface area contributed by atoms with Gasteiger partial charge in [-0.25, -0.2) is 13.6 Å². The Labute approximate surface area is 121 Å². The summed E-state index contributed by atoms with van der Waals surface area (Å²) in [6.07, 6.45) is 0. The molecule has 2 aromatic carbocycles. The fourth-order valence-corrected chi connectivity index (χ4v) is 2.94. The zero-order valence-electron chi connectivity index (χ0n) is 10.9. The van der Waals surface area contributed by atoms with E-state index in [-0.39, 0.29) is 6.54 Å². The van der Waals surface area contributed by atoms with Crippen molar-refractivity contribution in [3.8, 4) is 0 Å². The lowest BCUT2D eigenvalue weighted by molar-refractivity contribution is 0.0621. The fourth-order valence-electron chi connectivity index (χ4n) is 2.50. The highest BCUT2D eigenvalue weighted by molar-refractivity contribution is 7.89. The minimum absolute atomic E-state index is 0.249. The maximum absolute atomic E-state index is 12.4. The normalized spacial score (nSPS) is 14.8. The summed E-state index contributed by atoms with van der Waals surface area (Å²) < 4.78 is 22.1. The van der Waals surface area contributed by atoms with Crippen LogP contribution in [0.1, 0.15) is 20.7 Å². The van der Waals surface area contributed by atoms with E-state index in [0.29, 0.717) is 16.5 Å². The average Bonchev–Trinajstić information content (AvgIpc) is 2.43. The molecule has 21 heavy (non-hydrogen) atoms. The van der Waals surface area contributed by atoms with Gasteiger partial charge in [0.1, 0.15) is 0 Å². The maximum atomic E-state index is 12.4. The van der Waals surface area contributed by atoms with Crippen LogP contribution in [0.4, 0.5) is 0 Å². The van der Waals surface area contributed by atoms with E-state index in [4.69, 9.17) is 5.14 Å². The molecular formula is C14H12N2O4S. The number of imide groups is 1. The molecule has 0 saturated carbocycles. The third-order valence-electron chi connectivity index (χ3n) is 3.46. The van der Waals surface area contributed by atoms with Gasteiger partial charge in [-0.15, -0.1) is 0 Å². The van der Waals surface area contributed by atoms with E-state index in [1.807, 2.05) is 12.1 Å². The molecule has 2 aromatic rings. The first kappa shape index (κ1) is 13.7. The highest BCUT2D eigenvalue weighted by Crippen LogP contribution is 2.29. The molecular weight excluding hydrogens is 292 g/mol. The molecule has 0 aliphatic carbocycles. The van der Waals surface area contributed by atoms with E-state index in [0.717, 1.165) is 10.3 Å². The minimum atomic E-state index is -3.75. The Morgan fingerprint density at radius 3 is 1.95 bits per heavy atom. The van der Waals surface area contributed by atoms with Gasteiger partial charge in [0, 0.05) is 23.1 Å². The average molecular weight is 304 g/mol. The maximum Gasteiger partial charge on any atom is 0.261 e. The van der Waals surface area contributed by atoms with Gasteiger partial charge in [-0.05, 0) is 17.5 Å². The van der Waals surface area contributed by atoms with Crippen LogP contribution in [0, 0.1) is 0 Å². The van der Waals surface area contributed by atoms with Gasteiger partial charge < -0.3 is 0 Å². The number of benzene rings is 2. The third-order valence-corrected chi connectivity index (χ3v) is 4.21. The fraction of sp³-hybridized carbons (Fsp3) is 0.143. The van der Waals surface area contributed by atoms with Crippen molar-refractivity contribution < 1.29 is 18.0 Å². The number of nitrogens with zero attached hydrogens (tertiary/aromatic N) is 1. The lowest BCUT2D eigenvalue weighted by atomic mass is 9.94. The third kappa shape index (κ3) is 2.30. The Bertz CT molecular complexity index is 823. The molecule has 0 bridgehead atoms. The van der Waals surface area contributed by atoms with Gasteiger partial charge in [0.15, 0.2) is 0 Å². The Morgan fingerprint density at radius 1 is 0.952 bits per heavy atom. The molecule has 2 amide bonds. The second kappa shape index (κ2) is 4.64. The number of rotatable bonds is 3. The smallest absolute Gasteiger partial charge is 0.261 e. The van der Waals surface area contributed by atoms with Crippen molar-refractivity contribution in [2.24, 2.45) is 5.14 Å². The van der Waals surface area contributed by atoms with E-state index in [1.165, 1.54) is 0 Å². The lowest BCUT2D eigenvalue weighted by Gasteiger charge is -2.26. The van der Waals surface area contributed by atoms with Crippen LogP contribution >= 0.6 is 0 Å². The molecule has 6 nitrogen and oxygen atoms in total. The first-order valence-electron chi connectivity index (χ1n) is 6.27. The van der Waals surface area contributed by atoms with Crippen LogP contribution in [0.2, 0.25) is 0 Å². The van der Waals surface area contributed by atoms with Gasteiger partial charge in [0.05, 0.1) is 5.75 Å². The molecule has 3 rings (SSSR count). The van der Waals surface area contributed by atoms with Gasteiger partial charge in [-0.1, -0.05) is 24.3 Å². The minimum Gasteiger partial charge on any atom is -0.273 e. The summed E-state index contributed by atoms with van der Waals surface area (Å²) >= 11 is 0. The van der Waals surface area contributed by atoms with Crippen molar-refractivity contribution >= 4 is 32.6 Å². The van der Waals surface area contributed by atoms with E-state index in [9.17, 15) is 18.0 Å². The van der Waals surface area contributed by atoms with Crippen molar-refractivity contribution in [2.75, 3.05) is 12.3 Å². The first-order valence-corrected chi connectivity index (χ1v) is 7.98. The highest BCUT2D eigenvalue weighted by Gasteiger charge is 2.32. The second-order valence-corrected chi connectivity index (χ2v) is 6.57. The van der Waals surface area contributed by atoms with E-state index in [1.54, 1.807) is 24.3 Å². The number of hydrogen-bond acceptors (Lipinski definition) is 4. The summed E-state index contributed by atoms with van der Waals surface area (Å²) in [5.41, 5.74) is 0.800. The second-order valence-electron chi connectivity index (χ2n) is 4.84. The molecule has 0 aromatic heterocycles. The topological polar surface area (TPSA) is 97.5 Å². The van der Waals surface area contributed by atoms with Crippen molar-refractivity contribution in [1.82, 2.24) is 4.90 Å². The van der Waals surface area contributed by atoms with Gasteiger partial charge in [0.2, 0.25) is 10.0 Å². The molecule has 0 atom stereocenters. The Hall–Kier alpha value is -2.25. The summed E-state index contributed by atoms with van der Waals surface area (Å²) in [6, 6.07) is 10.4. The van der Waals surface area contributed by atoms with Crippen LogP contribution in [0.5, 0.6) is 0 Å². The van der Waals surface area contributed by atoms with Gasteiger partial charge in [-0.3, -0.25) is 14.5 Å². The molecule has 0 saturated heterocycles. The number of nitrogens with two attached hydrogens (primary N) is 1. The number of primary sulfonamides is 1. The number of carbonyl (C=O) groups excluding carboxylic acids is 2. The monoisotopic (exact) mass is 304 g/mol. The first-order chi connectivity index (χ1) is 9.88. The number of hydrogen-bond donors (Lipinski definition) is 1. The molecule has 1 aliphatic heterocycles. The van der Waals surface area contributed by atoms with Crippen molar-refractivity contribution in [3.63, 3.8) is 0 Å². The van der Waals surface area contributed by atoms with Crippen molar-refractivity contribution in [1.29, 1.82) is 0 Å². The quantitative estimate of drug-likeness (QED) is 0.845. The van der Waals surface area contributed by atoms with Gasteiger partial charge in [-0.2, -0.15) is 0 Å².